The molecule has 5 aromatic heterocycles. The second-order valence-corrected chi connectivity index (χ2v) is 17.5. The van der Waals surface area contributed by atoms with Gasteiger partial charge in [0.05, 0.1) is 8.07 Å². The number of furan rings is 1. The molecule has 6 rings (SSSR count). The second kappa shape index (κ2) is 14.9. The van der Waals surface area contributed by atoms with Gasteiger partial charge in [0.15, 0.2) is 0 Å². The van der Waals surface area contributed by atoms with Gasteiger partial charge in [-0.15, -0.1) is 47.5 Å². The second-order valence-electron chi connectivity index (χ2n) is 12.5. The number of benzene rings is 1. The molecule has 0 spiro atoms. The van der Waals surface area contributed by atoms with Crippen molar-refractivity contribution in [3.8, 4) is 22.5 Å². The Morgan fingerprint density at radius 3 is 2.22 bits per heavy atom. The predicted octanol–water partition coefficient (Wildman–Crippen LogP) is 9.34. The van der Waals surface area contributed by atoms with Crippen molar-refractivity contribution < 1.29 is 38.2 Å². The summed E-state index contributed by atoms with van der Waals surface area (Å²) in [7, 11) is -1.67. The minimum atomic E-state index is -2.53. The van der Waals surface area contributed by atoms with Crippen LogP contribution >= 0.6 is 0 Å². The van der Waals surface area contributed by atoms with E-state index < -0.39 is 40.4 Å². The van der Waals surface area contributed by atoms with Crippen molar-refractivity contribution in [2.45, 2.75) is 73.8 Å². The first kappa shape index (κ1) is 23.8. The molecular weight excluding hydrogens is 761 g/mol. The van der Waals surface area contributed by atoms with Crippen LogP contribution in [0.2, 0.25) is 19.6 Å². The Morgan fingerprint density at radius 1 is 0.826 bits per heavy atom. The minimum absolute atomic E-state index is 0. The van der Waals surface area contributed by atoms with Gasteiger partial charge in [-0.2, -0.15) is 0 Å². The van der Waals surface area contributed by atoms with Crippen molar-refractivity contribution in [2.24, 2.45) is 11.8 Å². The van der Waals surface area contributed by atoms with Gasteiger partial charge in [0.25, 0.3) is 0 Å². The number of aromatic nitrogens is 4. The van der Waals surface area contributed by atoms with Crippen LogP contribution < -0.4 is 5.19 Å². The summed E-state index contributed by atoms with van der Waals surface area (Å²) in [6.45, 7) is 9.03. The predicted molar refractivity (Wildman–Crippen MR) is 189 cm³/mol. The van der Waals surface area contributed by atoms with E-state index in [0.717, 1.165) is 22.0 Å². The van der Waals surface area contributed by atoms with Crippen LogP contribution in [0.5, 0.6) is 0 Å². The number of nitrogens with zero attached hydrogens (tertiary/aromatic N) is 4. The maximum absolute atomic E-state index is 8.55. The monoisotopic (exact) mass is 815 g/mol. The summed E-state index contributed by atoms with van der Waals surface area (Å²) in [6, 6.07) is 18.9. The molecule has 0 amide bonds. The molecule has 0 fully saturated rings. The molecule has 5 nitrogen and oxygen atoms in total. The minimum Gasteiger partial charge on any atom is -0.467 e. The van der Waals surface area contributed by atoms with E-state index in [1.165, 1.54) is 18.3 Å². The van der Waals surface area contributed by atoms with E-state index in [2.05, 4.69) is 51.8 Å². The first-order valence-electron chi connectivity index (χ1n) is 20.0. The van der Waals surface area contributed by atoms with Gasteiger partial charge in [-0.05, 0) is 84.1 Å². The summed E-state index contributed by atoms with van der Waals surface area (Å²) in [4.78, 5) is 17.1. The normalized spacial score (nSPS) is 15.9. The van der Waals surface area contributed by atoms with Crippen LogP contribution in [0.25, 0.3) is 44.7 Å². The molecule has 0 aliphatic carbocycles. The molecule has 241 valence electrons. The number of hydrogen-bond donors (Lipinski definition) is 0. The Kier molecular flexibility index (Phi) is 7.71. The SMILES string of the molecule is [2H]C([2H])([2H])c1ccc2c(n1)oc1n[c-]c(-c3cc(C([2H])([2H])C(C)C)c(C([2H])([2H])[2H])cn3)cc12.[2H]C([2H])(c1cc(-c2[c-]cccc2)ncc1[Si](C)(C)C)C(C)C.[Ir]. The van der Waals surface area contributed by atoms with Crippen molar-refractivity contribution in [2.75, 3.05) is 0 Å². The molecule has 1 radical (unpaired) electrons. The van der Waals surface area contributed by atoms with Gasteiger partial charge >= 0.3 is 0 Å². The van der Waals surface area contributed by atoms with Crippen LogP contribution in [-0.2, 0) is 32.9 Å². The molecule has 0 aliphatic heterocycles. The molecule has 1 aromatic carbocycles. The molecule has 46 heavy (non-hydrogen) atoms. The van der Waals surface area contributed by atoms with Crippen LogP contribution in [0.1, 0.15) is 63.8 Å². The molecule has 0 aliphatic rings. The van der Waals surface area contributed by atoms with Crippen LogP contribution in [-0.4, -0.2) is 28.0 Å². The number of rotatable bonds is 7. The van der Waals surface area contributed by atoms with Crippen LogP contribution in [0.15, 0.2) is 71.4 Å². The summed E-state index contributed by atoms with van der Waals surface area (Å²) in [5.41, 5.74) is 3.34. The van der Waals surface area contributed by atoms with Gasteiger partial charge in [-0.1, -0.05) is 70.6 Å². The zero-order valence-corrected chi connectivity index (χ0v) is 30.4. The summed E-state index contributed by atoms with van der Waals surface area (Å²) in [6.07, 6.45) is 2.59. The summed E-state index contributed by atoms with van der Waals surface area (Å²) in [5, 5.41) is 2.21. The van der Waals surface area contributed by atoms with Gasteiger partial charge in [-0.25, -0.2) is 4.98 Å². The first-order chi connectivity index (χ1) is 25.3. The summed E-state index contributed by atoms with van der Waals surface area (Å²) >= 11 is 0. The average Bonchev–Trinajstić information content (AvgIpc) is 3.48. The smallest absolute Gasteiger partial charge is 0.217 e. The number of fused-ring (bicyclic) bond motifs is 3. The van der Waals surface area contributed by atoms with Crippen molar-refractivity contribution in [3.05, 3.63) is 102 Å². The summed E-state index contributed by atoms with van der Waals surface area (Å²) < 4.78 is 85.6. The fourth-order valence-corrected chi connectivity index (χ4v) is 6.25. The third-order valence-corrected chi connectivity index (χ3v) is 8.92. The Hall–Kier alpha value is -3.51. The van der Waals surface area contributed by atoms with Crippen LogP contribution in [0.4, 0.5) is 0 Å². The van der Waals surface area contributed by atoms with Crippen molar-refractivity contribution >= 4 is 35.5 Å². The average molecular weight is 815 g/mol. The molecule has 0 atom stereocenters. The molecule has 0 saturated heterocycles. The van der Waals surface area contributed by atoms with Crippen LogP contribution in [0.3, 0.4) is 0 Å². The maximum Gasteiger partial charge on any atom is 0.217 e. The summed E-state index contributed by atoms with van der Waals surface area (Å²) in [5.74, 6) is -0.563. The number of aryl methyl sites for hydroxylation is 2. The van der Waals surface area contributed by atoms with E-state index in [9.17, 15) is 0 Å². The van der Waals surface area contributed by atoms with E-state index >= 15 is 0 Å². The molecular formula is C39H44IrN4OSi-2. The molecule has 0 saturated carbocycles. The molecule has 6 aromatic rings. The van der Waals surface area contributed by atoms with Gasteiger partial charge in [0.2, 0.25) is 5.71 Å². The first-order valence-corrected chi connectivity index (χ1v) is 18.5. The zero-order valence-electron chi connectivity index (χ0n) is 37.0. The number of pyridine rings is 4. The molecule has 0 bridgehead atoms. The molecule has 0 unspecified atom stereocenters. The fourth-order valence-electron chi connectivity index (χ4n) is 4.84. The Morgan fingerprint density at radius 2 is 1.54 bits per heavy atom. The van der Waals surface area contributed by atoms with E-state index in [4.69, 9.17) is 18.1 Å². The topological polar surface area (TPSA) is 64.7 Å². The van der Waals surface area contributed by atoms with Crippen molar-refractivity contribution in [3.63, 3.8) is 0 Å². The Bertz CT molecular complexity index is 2320. The molecule has 7 heteroatoms. The third kappa shape index (κ3) is 8.44. The van der Waals surface area contributed by atoms with Gasteiger partial charge in [0, 0.05) is 57.3 Å². The fraction of sp³-hybridized carbons (Fsp3) is 0.333. The van der Waals surface area contributed by atoms with Gasteiger partial charge < -0.3 is 19.4 Å². The number of hydrogen-bond acceptors (Lipinski definition) is 5. The Labute approximate surface area is 302 Å². The van der Waals surface area contributed by atoms with Gasteiger partial charge in [0.1, 0.15) is 5.71 Å². The quantitative estimate of drug-likeness (QED) is 0.119. The largest absolute Gasteiger partial charge is 0.467 e. The maximum atomic E-state index is 8.55. The van der Waals surface area contributed by atoms with Crippen molar-refractivity contribution in [1.82, 2.24) is 19.9 Å². The van der Waals surface area contributed by atoms with Gasteiger partial charge in [-0.3, -0.25) is 0 Å². The Balaban J connectivity index is 0.000000265. The van der Waals surface area contributed by atoms with E-state index in [0.29, 0.717) is 22.0 Å². The third-order valence-electron chi connectivity index (χ3n) is 6.91. The standard InChI is InChI=1S/C21H20N3O.C18H24NSi.Ir/c1-12(2)7-15-9-19(22-10-13(15)3)16-8-18-17-6-5-14(4)24-21(17)25-20(18)23-11-16;1-14(2)11-16-12-17(15-9-7-6-8-10-15)19-13-18(16)20(3,4)5;/h5-6,8-10,12H,7H2,1-4H3;6-9,12-14H,11H2,1-5H3;/q2*-1;/i3D3,4D3,7D2;11D2;. The van der Waals surface area contributed by atoms with Crippen LogP contribution in [0, 0.1) is 37.8 Å². The molecule has 5 heterocycles. The zero-order chi connectivity index (χ0) is 40.9. The molecule has 0 N–H and O–H groups in total. The van der Waals surface area contributed by atoms with E-state index in [-0.39, 0.29) is 54.3 Å². The van der Waals surface area contributed by atoms with E-state index in [1.54, 1.807) is 26.0 Å². The van der Waals surface area contributed by atoms with Crippen molar-refractivity contribution in [1.29, 1.82) is 0 Å². The van der Waals surface area contributed by atoms with E-state index in [1.807, 2.05) is 50.4 Å².